The number of halogens is 1. The Hall–Kier alpha value is -2.08. The van der Waals surface area contributed by atoms with Crippen LogP contribution >= 0.6 is 11.6 Å². The highest BCUT2D eigenvalue weighted by atomic mass is 35.5. The molecule has 2 N–H and O–H groups in total. The van der Waals surface area contributed by atoms with Crippen LogP contribution in [-0.4, -0.2) is 31.0 Å². The van der Waals surface area contributed by atoms with E-state index >= 15 is 0 Å². The molecule has 0 bridgehead atoms. The molecule has 1 saturated carbocycles. The van der Waals surface area contributed by atoms with Gasteiger partial charge in [-0.15, -0.1) is 0 Å². The van der Waals surface area contributed by atoms with Gasteiger partial charge >= 0.3 is 0 Å². The van der Waals surface area contributed by atoms with Crippen molar-refractivity contribution in [3.63, 3.8) is 0 Å². The molecule has 3 aromatic rings. The molecule has 6 nitrogen and oxygen atoms in total. The van der Waals surface area contributed by atoms with Gasteiger partial charge in [0.15, 0.2) is 5.65 Å². The Kier molecular flexibility index (Phi) is 3.69. The Morgan fingerprint density at radius 1 is 1.39 bits per heavy atom. The number of nitrogens with one attached hydrogen (secondary N) is 2. The molecule has 1 aliphatic rings. The third kappa shape index (κ3) is 2.57. The predicted octanol–water partition coefficient (Wildman–Crippen LogP) is 3.75. The van der Waals surface area contributed by atoms with Gasteiger partial charge in [-0.1, -0.05) is 11.6 Å². The minimum absolute atomic E-state index is 0.385. The van der Waals surface area contributed by atoms with E-state index in [0.717, 1.165) is 48.5 Å². The third-order valence-corrected chi connectivity index (χ3v) is 4.76. The van der Waals surface area contributed by atoms with Crippen molar-refractivity contribution in [1.82, 2.24) is 24.5 Å². The van der Waals surface area contributed by atoms with Crippen LogP contribution in [-0.2, 0) is 0 Å². The molecule has 0 aliphatic heterocycles. The van der Waals surface area contributed by atoms with Crippen molar-refractivity contribution in [1.29, 1.82) is 0 Å². The van der Waals surface area contributed by atoms with Crippen LogP contribution in [0, 0.1) is 0 Å². The van der Waals surface area contributed by atoms with Crippen LogP contribution in [0.1, 0.15) is 44.0 Å². The minimum atomic E-state index is 0.385. The molecule has 1 fully saturated rings. The maximum Gasteiger partial charge on any atom is 0.163 e. The van der Waals surface area contributed by atoms with E-state index < -0.39 is 0 Å². The number of pyridine rings is 1. The van der Waals surface area contributed by atoms with Crippen LogP contribution in [0.25, 0.3) is 11.2 Å². The molecule has 0 unspecified atom stereocenters. The summed E-state index contributed by atoms with van der Waals surface area (Å²) >= 11 is 6.20. The number of fused-ring (bicyclic) bond motifs is 1. The minimum Gasteiger partial charge on any atom is -0.383 e. The number of imidazole rings is 2. The first-order valence-corrected chi connectivity index (χ1v) is 8.40. The number of rotatable bonds is 4. The second-order valence-electron chi connectivity index (χ2n) is 5.99. The van der Waals surface area contributed by atoms with Crippen molar-refractivity contribution in [2.24, 2.45) is 0 Å². The third-order valence-electron chi connectivity index (χ3n) is 4.57. The summed E-state index contributed by atoms with van der Waals surface area (Å²) in [6.45, 7) is 2.88. The largest absolute Gasteiger partial charge is 0.383 e. The van der Waals surface area contributed by atoms with Crippen LogP contribution in [0.5, 0.6) is 0 Å². The van der Waals surface area contributed by atoms with Crippen molar-refractivity contribution in [2.75, 3.05) is 11.9 Å². The van der Waals surface area contributed by atoms with E-state index in [1.165, 1.54) is 0 Å². The number of nitrogens with zero attached hydrogens (tertiary/aromatic N) is 4. The van der Waals surface area contributed by atoms with E-state index in [1.807, 2.05) is 24.8 Å². The monoisotopic (exact) mass is 330 g/mol. The fraction of sp³-hybridized carbons (Fsp3) is 0.438. The molecule has 0 saturated heterocycles. The van der Waals surface area contributed by atoms with Crippen LogP contribution in [0.3, 0.4) is 0 Å². The van der Waals surface area contributed by atoms with Gasteiger partial charge in [-0.3, -0.25) is 0 Å². The van der Waals surface area contributed by atoms with Gasteiger partial charge in [-0.05, 0) is 26.2 Å². The first-order valence-electron chi connectivity index (χ1n) is 8.02. The molecule has 4 rings (SSSR count). The normalized spacial score (nSPS) is 21.1. The van der Waals surface area contributed by atoms with E-state index in [-0.39, 0.29) is 0 Å². The zero-order chi connectivity index (χ0) is 15.8. The van der Waals surface area contributed by atoms with Crippen molar-refractivity contribution >= 4 is 28.5 Å². The first-order chi connectivity index (χ1) is 11.3. The SMILES string of the molecule is CCNc1cc(Cl)nc2c1ncn2[C@H]1CC[C@@H](c2ncc[nH]2)C1. The highest BCUT2D eigenvalue weighted by molar-refractivity contribution is 6.30. The molecule has 2 atom stereocenters. The van der Waals surface area contributed by atoms with Gasteiger partial charge in [0, 0.05) is 37.0 Å². The summed E-state index contributed by atoms with van der Waals surface area (Å²) < 4.78 is 2.17. The number of anilines is 1. The van der Waals surface area contributed by atoms with Gasteiger partial charge in [-0.2, -0.15) is 0 Å². The van der Waals surface area contributed by atoms with E-state index in [0.29, 0.717) is 17.1 Å². The first kappa shape index (κ1) is 14.5. The van der Waals surface area contributed by atoms with E-state index in [1.54, 1.807) is 0 Å². The smallest absolute Gasteiger partial charge is 0.163 e. The summed E-state index contributed by atoms with van der Waals surface area (Å²) in [7, 11) is 0. The number of aromatic amines is 1. The molecule has 0 spiro atoms. The predicted molar refractivity (Wildman–Crippen MR) is 90.9 cm³/mol. The van der Waals surface area contributed by atoms with E-state index in [2.05, 4.69) is 36.7 Å². The molecule has 23 heavy (non-hydrogen) atoms. The summed E-state index contributed by atoms with van der Waals surface area (Å²) in [5, 5.41) is 3.81. The molecule has 3 heterocycles. The average molecular weight is 331 g/mol. The molecule has 0 radical (unpaired) electrons. The summed E-state index contributed by atoms with van der Waals surface area (Å²) in [4.78, 5) is 16.7. The maximum atomic E-state index is 6.20. The second-order valence-corrected chi connectivity index (χ2v) is 6.37. The van der Waals surface area contributed by atoms with E-state index in [4.69, 9.17) is 11.6 Å². The van der Waals surface area contributed by atoms with Gasteiger partial charge < -0.3 is 14.9 Å². The summed E-state index contributed by atoms with van der Waals surface area (Å²) in [5.74, 6) is 1.55. The van der Waals surface area contributed by atoms with Gasteiger partial charge in [0.25, 0.3) is 0 Å². The van der Waals surface area contributed by atoms with Crippen molar-refractivity contribution < 1.29 is 0 Å². The zero-order valence-corrected chi connectivity index (χ0v) is 13.7. The molecular formula is C16H19ClN6. The number of H-pyrrole nitrogens is 1. The van der Waals surface area contributed by atoms with E-state index in [9.17, 15) is 0 Å². The van der Waals surface area contributed by atoms with Crippen LogP contribution in [0.2, 0.25) is 5.15 Å². The fourth-order valence-corrected chi connectivity index (χ4v) is 3.72. The lowest BCUT2D eigenvalue weighted by Gasteiger charge is -2.13. The Morgan fingerprint density at radius 3 is 3.09 bits per heavy atom. The molecule has 120 valence electrons. The average Bonchev–Trinajstić information content (AvgIpc) is 3.26. The van der Waals surface area contributed by atoms with Crippen LogP contribution in [0.4, 0.5) is 5.69 Å². The van der Waals surface area contributed by atoms with Crippen molar-refractivity contribution in [3.05, 3.63) is 35.8 Å². The molecule has 3 aromatic heterocycles. The van der Waals surface area contributed by atoms with Crippen molar-refractivity contribution in [3.8, 4) is 0 Å². The van der Waals surface area contributed by atoms with Crippen molar-refractivity contribution in [2.45, 2.75) is 38.1 Å². The summed E-state index contributed by atoms with van der Waals surface area (Å²) in [6.07, 6.45) is 8.87. The highest BCUT2D eigenvalue weighted by Gasteiger charge is 2.30. The molecule has 0 aromatic carbocycles. The molecule has 0 amide bonds. The zero-order valence-electron chi connectivity index (χ0n) is 13.0. The summed E-state index contributed by atoms with van der Waals surface area (Å²) in [6, 6.07) is 2.22. The Labute approximate surface area is 139 Å². The maximum absolute atomic E-state index is 6.20. The quantitative estimate of drug-likeness (QED) is 0.715. The van der Waals surface area contributed by atoms with Gasteiger partial charge in [0.2, 0.25) is 0 Å². The molecule has 7 heteroatoms. The lowest BCUT2D eigenvalue weighted by atomic mass is 10.1. The Morgan fingerprint density at radius 2 is 2.30 bits per heavy atom. The van der Waals surface area contributed by atoms with Crippen LogP contribution < -0.4 is 5.32 Å². The summed E-state index contributed by atoms with van der Waals surface area (Å²) in [5.41, 5.74) is 2.69. The number of hydrogen-bond donors (Lipinski definition) is 2. The van der Waals surface area contributed by atoms with Gasteiger partial charge in [0.05, 0.1) is 12.0 Å². The number of aromatic nitrogens is 5. The van der Waals surface area contributed by atoms with Crippen LogP contribution in [0.15, 0.2) is 24.8 Å². The molecular weight excluding hydrogens is 312 g/mol. The standard InChI is InChI=1S/C16H19ClN6/c1-2-18-12-8-13(17)22-16-14(12)21-9-23(16)11-4-3-10(7-11)15-19-5-6-20-15/h5-6,8-11H,2-4,7H2,1H3,(H,18,22)(H,19,20)/t10-,11+/m1/s1. The topological polar surface area (TPSA) is 71.4 Å². The lowest BCUT2D eigenvalue weighted by molar-refractivity contribution is 0.517. The lowest BCUT2D eigenvalue weighted by Crippen LogP contribution is -2.06. The van der Waals surface area contributed by atoms with Gasteiger partial charge in [-0.25, -0.2) is 15.0 Å². The molecule has 1 aliphatic carbocycles. The Bertz CT molecular complexity index is 809. The Balaban J connectivity index is 1.67. The van der Waals surface area contributed by atoms with Gasteiger partial charge in [0.1, 0.15) is 16.5 Å². The number of hydrogen-bond acceptors (Lipinski definition) is 4. The fourth-order valence-electron chi connectivity index (χ4n) is 3.53. The second kappa shape index (κ2) is 5.85. The highest BCUT2D eigenvalue weighted by Crippen LogP contribution is 2.41.